The molecule has 0 saturated heterocycles. The Kier molecular flexibility index (Phi) is 19.7. The van der Waals surface area contributed by atoms with Crippen LogP contribution in [0.3, 0.4) is 0 Å². The summed E-state index contributed by atoms with van der Waals surface area (Å²) in [5.74, 6) is 0.0377. The minimum Gasteiger partial charge on any atom is -0.497 e. The van der Waals surface area contributed by atoms with Crippen LogP contribution in [0.4, 0.5) is 27.1 Å². The minimum absolute atomic E-state index is 0.00519. The number of carbonyl (C=O) groups excluding carboxylic acids is 4. The van der Waals surface area contributed by atoms with Crippen molar-refractivity contribution in [1.82, 2.24) is 0 Å². The van der Waals surface area contributed by atoms with Crippen LogP contribution in [-0.4, -0.2) is 31.4 Å². The zero-order valence-corrected chi connectivity index (χ0v) is 32.0. The first-order chi connectivity index (χ1) is 23.7. The van der Waals surface area contributed by atoms with Crippen LogP contribution in [0.15, 0.2) is 73.0 Å². The van der Waals surface area contributed by atoms with E-state index < -0.39 is 5.82 Å². The molecule has 0 fully saturated rings. The van der Waals surface area contributed by atoms with Crippen molar-refractivity contribution in [1.29, 1.82) is 0 Å². The second-order valence-electron chi connectivity index (χ2n) is 9.79. The zero-order chi connectivity index (χ0) is 38.0. The number of hydrogen-bond donors (Lipinski definition) is 0. The third kappa shape index (κ3) is 13.9. The minimum atomic E-state index is -0.608. The third-order valence-electron chi connectivity index (χ3n) is 6.25. The lowest BCUT2D eigenvalue weighted by molar-refractivity contribution is 0.414. The maximum atomic E-state index is 12.9. The highest BCUT2D eigenvalue weighted by Crippen LogP contribution is 2.33. The molecule has 0 radical (unpaired) electrons. The monoisotopic (exact) mass is 822 g/mol. The molecule has 50 heavy (non-hydrogen) atoms. The maximum absolute atomic E-state index is 12.9. The molecule has 0 spiro atoms. The highest BCUT2D eigenvalue weighted by molar-refractivity contribution is 9.10. The quantitative estimate of drug-likeness (QED) is 0.141. The number of methoxy groups -OCH3 is 1. The first-order valence-corrected chi connectivity index (χ1v) is 16.3. The lowest BCUT2D eigenvalue weighted by Gasteiger charge is -2.04. The molecule has 0 amide bonds. The average Bonchev–Trinajstić information content (AvgIpc) is 3.05. The summed E-state index contributed by atoms with van der Waals surface area (Å²) in [4.78, 5) is 53.8. The van der Waals surface area contributed by atoms with E-state index in [2.05, 4.69) is 35.9 Å². The van der Waals surface area contributed by atoms with Gasteiger partial charge in [-0.2, -0.15) is 20.0 Å². The van der Waals surface area contributed by atoms with Gasteiger partial charge in [0, 0.05) is 20.6 Å². The number of aliphatic imine (C=N–C) groups is 4. The van der Waals surface area contributed by atoms with Crippen LogP contribution in [0.1, 0.15) is 34.7 Å². The molecule has 260 valence electrons. The number of hydrogen-bond acceptors (Lipinski definition) is 9. The van der Waals surface area contributed by atoms with Crippen molar-refractivity contribution >= 4 is 109 Å². The molecule has 0 aromatic heterocycles. The van der Waals surface area contributed by atoms with Gasteiger partial charge in [-0.15, -0.1) is 0 Å². The van der Waals surface area contributed by atoms with E-state index in [9.17, 15) is 23.6 Å². The van der Waals surface area contributed by atoms with Crippen LogP contribution in [0.5, 0.6) is 5.75 Å². The molecule has 0 saturated carbocycles. The summed E-state index contributed by atoms with van der Waals surface area (Å²) < 4.78 is 18.6. The van der Waals surface area contributed by atoms with Crippen molar-refractivity contribution in [3.8, 4) is 5.75 Å². The van der Waals surface area contributed by atoms with Gasteiger partial charge in [-0.25, -0.2) is 23.6 Å². The first kappa shape index (κ1) is 43.8. The maximum Gasteiger partial charge on any atom is 0.240 e. The molecule has 0 atom stereocenters. The molecule has 0 unspecified atom stereocenters. The summed E-state index contributed by atoms with van der Waals surface area (Å²) in [6, 6.07) is 13.2. The number of ether oxygens (including phenoxy) is 1. The summed E-state index contributed by atoms with van der Waals surface area (Å²) in [6.07, 6.45) is 6.63. The summed E-state index contributed by atoms with van der Waals surface area (Å²) in [5, 5.41) is 1.81. The average molecular weight is 825 g/mol. The Hall–Kier alpha value is -4.23. The SMILES string of the molecule is CCc1cc(C)c(N=C=O)c(Cl)c1.COc1cc(C)c(N=C=O)c(Cl)c1.Cc1cc(Cl)cc(Br)c1N=C=O.Cc1cc(Cl)cc(F)c1N=C=O. The zero-order valence-electron chi connectivity index (χ0n) is 27.4. The van der Waals surface area contributed by atoms with Crippen LogP contribution in [0.25, 0.3) is 0 Å². The summed E-state index contributed by atoms with van der Waals surface area (Å²) in [7, 11) is 1.55. The van der Waals surface area contributed by atoms with E-state index in [-0.39, 0.29) is 10.7 Å². The van der Waals surface area contributed by atoms with E-state index in [0.29, 0.717) is 47.9 Å². The standard InChI is InChI=1S/C10H10ClNO.C9H8ClNO2.C8H5BrClNO.C8H5ClFNO/c1-3-8-4-7(2)10(12-6-13)9(11)5-8;1-6-3-7(13-2)4-8(10)9(6)11-5-12;1-5-2-6(10)3-7(9)8(5)11-4-12;1-5-2-6(9)3-7(10)8(5)11-4-12/h4-5H,3H2,1-2H3;3-4H,1-2H3;2*2-3H,1H3. The number of nitrogens with zero attached hydrogens (tertiary/aromatic N) is 4. The van der Waals surface area contributed by atoms with Crippen molar-refractivity contribution < 1.29 is 28.3 Å². The Morgan fingerprint density at radius 3 is 1.46 bits per heavy atom. The predicted molar refractivity (Wildman–Crippen MR) is 199 cm³/mol. The van der Waals surface area contributed by atoms with Crippen LogP contribution in [0.2, 0.25) is 20.1 Å². The lowest BCUT2D eigenvalue weighted by Crippen LogP contribution is -1.84. The Balaban J connectivity index is 0.000000334. The number of aryl methyl sites for hydroxylation is 5. The molecule has 0 heterocycles. The van der Waals surface area contributed by atoms with Crippen molar-refractivity contribution in [2.75, 3.05) is 7.11 Å². The van der Waals surface area contributed by atoms with Crippen molar-refractivity contribution in [3.63, 3.8) is 0 Å². The Morgan fingerprint density at radius 2 is 1.04 bits per heavy atom. The van der Waals surface area contributed by atoms with E-state index in [1.165, 1.54) is 30.4 Å². The fraction of sp³-hybridized carbons (Fsp3) is 0.200. The van der Waals surface area contributed by atoms with E-state index >= 15 is 0 Å². The Bertz CT molecular complexity index is 1800. The third-order valence-corrected chi connectivity index (χ3v) is 7.87. The molecule has 15 heteroatoms. The molecule has 4 aromatic carbocycles. The van der Waals surface area contributed by atoms with Gasteiger partial charge in [0.1, 0.15) is 11.4 Å². The number of rotatable bonds is 6. The smallest absolute Gasteiger partial charge is 0.240 e. The second kappa shape index (κ2) is 22.5. The molecule has 0 bridgehead atoms. The van der Waals surface area contributed by atoms with Crippen molar-refractivity contribution in [2.24, 2.45) is 20.0 Å². The van der Waals surface area contributed by atoms with E-state index in [1.807, 2.05) is 32.9 Å². The summed E-state index contributed by atoms with van der Waals surface area (Å²) in [5.41, 5.74) is 5.74. The molecule has 0 aliphatic carbocycles. The fourth-order valence-corrected chi connectivity index (χ4v) is 5.92. The number of halogens is 6. The van der Waals surface area contributed by atoms with Crippen LogP contribution >= 0.6 is 62.3 Å². The second-order valence-corrected chi connectivity index (χ2v) is 12.3. The molecule has 4 aromatic rings. The lowest BCUT2D eigenvalue weighted by atomic mass is 10.1. The van der Waals surface area contributed by atoms with Crippen molar-refractivity contribution in [2.45, 2.75) is 41.0 Å². The molecule has 0 aliphatic heterocycles. The normalized spacial score (nSPS) is 9.28. The molecule has 9 nitrogen and oxygen atoms in total. The van der Waals surface area contributed by atoms with Crippen LogP contribution in [-0.2, 0) is 25.6 Å². The van der Waals surface area contributed by atoms with Gasteiger partial charge in [0.25, 0.3) is 0 Å². The highest BCUT2D eigenvalue weighted by Gasteiger charge is 2.07. The number of benzene rings is 4. The van der Waals surface area contributed by atoms with E-state index in [0.717, 1.165) is 34.7 Å². The van der Waals surface area contributed by atoms with Gasteiger partial charge in [0.15, 0.2) is 5.82 Å². The van der Waals surface area contributed by atoms with Gasteiger partial charge in [-0.3, -0.25) is 0 Å². The Labute approximate surface area is 316 Å². The van der Waals surface area contributed by atoms with Crippen molar-refractivity contribution in [3.05, 3.63) is 107 Å². The predicted octanol–water partition coefficient (Wildman–Crippen LogP) is 11.9. The van der Waals surface area contributed by atoms with Crippen LogP contribution in [0, 0.1) is 33.5 Å². The van der Waals surface area contributed by atoms with E-state index in [4.69, 9.17) is 51.1 Å². The summed E-state index contributed by atoms with van der Waals surface area (Å²) >= 11 is 26.3. The van der Waals surface area contributed by atoms with Gasteiger partial charge >= 0.3 is 0 Å². The fourth-order valence-electron chi connectivity index (χ4n) is 3.97. The van der Waals surface area contributed by atoms with Gasteiger partial charge < -0.3 is 4.74 Å². The molecule has 4 rings (SSSR count). The van der Waals surface area contributed by atoms with E-state index in [1.54, 1.807) is 45.2 Å². The molecular weight excluding hydrogens is 797 g/mol. The van der Waals surface area contributed by atoms with Gasteiger partial charge in [-0.05, 0) is 114 Å². The number of isocyanates is 4. The van der Waals surface area contributed by atoms with Gasteiger partial charge in [-0.1, -0.05) is 59.4 Å². The van der Waals surface area contributed by atoms with Crippen LogP contribution < -0.4 is 4.74 Å². The highest BCUT2D eigenvalue weighted by atomic mass is 79.9. The molecule has 0 N–H and O–H groups in total. The topological polar surface area (TPSA) is 127 Å². The first-order valence-electron chi connectivity index (χ1n) is 14.0. The molecule has 0 aliphatic rings. The molecular formula is C35H28BrCl4FN4O5. The van der Waals surface area contributed by atoms with Gasteiger partial charge in [0.2, 0.25) is 24.3 Å². The summed E-state index contributed by atoms with van der Waals surface area (Å²) in [6.45, 7) is 9.16. The Morgan fingerprint density at radius 1 is 0.620 bits per heavy atom. The largest absolute Gasteiger partial charge is 0.497 e. The van der Waals surface area contributed by atoms with Gasteiger partial charge in [0.05, 0.1) is 34.2 Å².